The van der Waals surface area contributed by atoms with Gasteiger partial charge in [0.1, 0.15) is 0 Å². The van der Waals surface area contributed by atoms with Gasteiger partial charge in [-0.05, 0) is 29.8 Å². The first-order valence-electron chi connectivity index (χ1n) is 6.29. The summed E-state index contributed by atoms with van der Waals surface area (Å²) in [5.41, 5.74) is 1.80. The Morgan fingerprint density at radius 3 is 2.15 bits per heavy atom. The average Bonchev–Trinajstić information content (AvgIpc) is 2.76. The zero-order chi connectivity index (χ0) is 14.1. The normalized spacial score (nSPS) is 15.7. The molecule has 0 N–H and O–H groups in total. The Morgan fingerprint density at radius 1 is 1.00 bits per heavy atom. The summed E-state index contributed by atoms with van der Waals surface area (Å²) in [4.78, 5) is 2.00. The van der Waals surface area contributed by atoms with E-state index in [4.69, 9.17) is 4.74 Å². The van der Waals surface area contributed by atoms with Crippen LogP contribution in [-0.4, -0.2) is 56.5 Å². The van der Waals surface area contributed by atoms with Crippen LogP contribution in [-0.2, 0) is 4.74 Å². The van der Waals surface area contributed by atoms with Crippen LogP contribution in [0.1, 0.15) is 11.4 Å². The summed E-state index contributed by atoms with van der Waals surface area (Å²) in [6.07, 6.45) is 0. The molecule has 1 saturated heterocycles. The number of aryl methyl sites for hydroxylation is 1. The molecule has 0 saturated carbocycles. The second-order valence-corrected chi connectivity index (χ2v) is 5.29. The molecule has 2 aromatic rings. The van der Waals surface area contributed by atoms with Crippen molar-refractivity contribution in [2.75, 3.05) is 31.2 Å². The van der Waals surface area contributed by atoms with Crippen LogP contribution in [0.5, 0.6) is 0 Å². The summed E-state index contributed by atoms with van der Waals surface area (Å²) in [6, 6.07) is 0. The van der Waals surface area contributed by atoms with Gasteiger partial charge in [0.15, 0.2) is 0 Å². The standard InChI is InChI=1S/C11H14BrN7O/c1-7-9(12)8(2)19(17-7)11-15-13-10(14-16-11)18-3-5-20-6-4-18/h3-6H2,1-2H3. The minimum Gasteiger partial charge on any atom is -0.378 e. The number of halogens is 1. The van der Waals surface area contributed by atoms with Crippen LogP contribution in [0.25, 0.3) is 5.95 Å². The highest BCUT2D eigenvalue weighted by molar-refractivity contribution is 9.10. The Hall–Kier alpha value is -1.61. The zero-order valence-electron chi connectivity index (χ0n) is 11.2. The van der Waals surface area contributed by atoms with Gasteiger partial charge in [-0.15, -0.1) is 20.4 Å². The molecule has 9 heteroatoms. The largest absolute Gasteiger partial charge is 0.378 e. The van der Waals surface area contributed by atoms with Gasteiger partial charge < -0.3 is 9.64 Å². The Kier molecular flexibility index (Phi) is 3.62. The number of morpholine rings is 1. The Morgan fingerprint density at radius 2 is 1.60 bits per heavy atom. The van der Waals surface area contributed by atoms with Gasteiger partial charge in [-0.3, -0.25) is 0 Å². The average molecular weight is 340 g/mol. The fraction of sp³-hybridized carbons (Fsp3) is 0.545. The maximum absolute atomic E-state index is 5.29. The number of anilines is 1. The molecule has 2 aromatic heterocycles. The molecule has 20 heavy (non-hydrogen) atoms. The number of hydrogen-bond acceptors (Lipinski definition) is 7. The van der Waals surface area contributed by atoms with Crippen LogP contribution < -0.4 is 4.90 Å². The van der Waals surface area contributed by atoms with Crippen molar-refractivity contribution in [2.45, 2.75) is 13.8 Å². The molecule has 0 aliphatic carbocycles. The quantitative estimate of drug-likeness (QED) is 0.795. The number of ether oxygens (including phenoxy) is 1. The highest BCUT2D eigenvalue weighted by atomic mass is 79.9. The third-order valence-corrected chi connectivity index (χ3v) is 4.29. The van der Waals surface area contributed by atoms with E-state index in [1.165, 1.54) is 0 Å². The molecule has 0 amide bonds. The van der Waals surface area contributed by atoms with Gasteiger partial charge in [0, 0.05) is 13.1 Å². The molecule has 0 radical (unpaired) electrons. The second kappa shape index (κ2) is 5.41. The molecule has 1 aliphatic rings. The van der Waals surface area contributed by atoms with Gasteiger partial charge in [0.05, 0.1) is 29.1 Å². The molecule has 3 rings (SSSR count). The first kappa shape index (κ1) is 13.4. The number of hydrogen-bond donors (Lipinski definition) is 0. The minimum absolute atomic E-state index is 0.369. The summed E-state index contributed by atoms with van der Waals surface area (Å²) in [5.74, 6) is 0.894. The van der Waals surface area contributed by atoms with Crippen molar-refractivity contribution in [3.05, 3.63) is 15.9 Å². The lowest BCUT2D eigenvalue weighted by atomic mass is 10.4. The highest BCUT2D eigenvalue weighted by Gasteiger charge is 2.17. The Labute approximate surface area is 124 Å². The van der Waals surface area contributed by atoms with E-state index in [1.807, 2.05) is 18.7 Å². The maximum Gasteiger partial charge on any atom is 0.289 e. The smallest absolute Gasteiger partial charge is 0.289 e. The zero-order valence-corrected chi connectivity index (χ0v) is 12.8. The van der Waals surface area contributed by atoms with Crippen molar-refractivity contribution in [2.24, 2.45) is 0 Å². The lowest BCUT2D eigenvalue weighted by Crippen LogP contribution is -2.37. The van der Waals surface area contributed by atoms with Gasteiger partial charge in [0.2, 0.25) is 0 Å². The first-order valence-corrected chi connectivity index (χ1v) is 7.08. The SMILES string of the molecule is Cc1nn(-c2nnc(N3CCOCC3)nn2)c(C)c1Br. The number of aromatic nitrogens is 6. The van der Waals surface area contributed by atoms with Gasteiger partial charge in [-0.1, -0.05) is 0 Å². The van der Waals surface area contributed by atoms with Gasteiger partial charge in [0.25, 0.3) is 11.9 Å². The van der Waals surface area contributed by atoms with Crippen molar-refractivity contribution in [1.82, 2.24) is 30.2 Å². The van der Waals surface area contributed by atoms with Crippen molar-refractivity contribution in [1.29, 1.82) is 0 Å². The summed E-state index contributed by atoms with van der Waals surface area (Å²) in [6.45, 7) is 6.72. The Balaban J connectivity index is 1.87. The molecule has 106 valence electrons. The predicted octanol–water partition coefficient (Wildman–Crippen LogP) is 0.668. The number of rotatable bonds is 2. The monoisotopic (exact) mass is 339 g/mol. The first-order chi connectivity index (χ1) is 9.66. The Bertz CT molecular complexity index is 606. The van der Waals surface area contributed by atoms with Crippen molar-refractivity contribution < 1.29 is 4.74 Å². The lowest BCUT2D eigenvalue weighted by molar-refractivity contribution is 0.122. The van der Waals surface area contributed by atoms with Gasteiger partial charge >= 0.3 is 0 Å². The minimum atomic E-state index is 0.369. The van der Waals surface area contributed by atoms with E-state index in [0.717, 1.165) is 29.0 Å². The fourth-order valence-corrected chi connectivity index (χ4v) is 2.26. The molecule has 0 unspecified atom stereocenters. The van der Waals surface area contributed by atoms with E-state index in [9.17, 15) is 0 Å². The third kappa shape index (κ3) is 2.38. The summed E-state index contributed by atoms with van der Waals surface area (Å²) in [7, 11) is 0. The second-order valence-electron chi connectivity index (χ2n) is 4.50. The molecular weight excluding hydrogens is 326 g/mol. The van der Waals surface area contributed by atoms with Crippen LogP contribution in [0.15, 0.2) is 4.47 Å². The van der Waals surface area contributed by atoms with E-state index in [-0.39, 0.29) is 0 Å². The van der Waals surface area contributed by atoms with Crippen LogP contribution in [0.2, 0.25) is 0 Å². The number of nitrogens with zero attached hydrogens (tertiary/aromatic N) is 7. The molecule has 0 spiro atoms. The molecule has 1 aliphatic heterocycles. The maximum atomic E-state index is 5.29. The van der Waals surface area contributed by atoms with Crippen molar-refractivity contribution in [3.8, 4) is 5.95 Å². The molecule has 0 aromatic carbocycles. The van der Waals surface area contributed by atoms with Crippen LogP contribution >= 0.6 is 15.9 Å². The fourth-order valence-electron chi connectivity index (χ4n) is 2.01. The molecule has 3 heterocycles. The highest BCUT2D eigenvalue weighted by Crippen LogP contribution is 2.21. The van der Waals surface area contributed by atoms with E-state index in [2.05, 4.69) is 41.4 Å². The molecule has 8 nitrogen and oxygen atoms in total. The van der Waals surface area contributed by atoms with Crippen molar-refractivity contribution in [3.63, 3.8) is 0 Å². The molecular formula is C11H14BrN7O. The van der Waals surface area contributed by atoms with E-state index in [1.54, 1.807) is 4.68 Å². The van der Waals surface area contributed by atoms with Crippen molar-refractivity contribution >= 4 is 21.9 Å². The summed E-state index contributed by atoms with van der Waals surface area (Å²) >= 11 is 3.47. The third-order valence-electron chi connectivity index (χ3n) is 3.14. The summed E-state index contributed by atoms with van der Waals surface area (Å²) in [5, 5.41) is 20.8. The van der Waals surface area contributed by atoms with E-state index < -0.39 is 0 Å². The van der Waals surface area contributed by atoms with Crippen LogP contribution in [0, 0.1) is 13.8 Å². The van der Waals surface area contributed by atoms with Gasteiger partial charge in [-0.25, -0.2) is 0 Å². The van der Waals surface area contributed by atoms with E-state index >= 15 is 0 Å². The van der Waals surface area contributed by atoms with Crippen LogP contribution in [0.3, 0.4) is 0 Å². The molecule has 0 bridgehead atoms. The topological polar surface area (TPSA) is 81.9 Å². The van der Waals surface area contributed by atoms with Crippen LogP contribution in [0.4, 0.5) is 5.95 Å². The lowest BCUT2D eigenvalue weighted by Gasteiger charge is -2.25. The molecule has 0 atom stereocenters. The summed E-state index contributed by atoms with van der Waals surface area (Å²) < 4.78 is 7.86. The van der Waals surface area contributed by atoms with E-state index in [0.29, 0.717) is 25.1 Å². The molecule has 1 fully saturated rings. The van der Waals surface area contributed by atoms with Gasteiger partial charge in [-0.2, -0.15) is 9.78 Å². The predicted molar refractivity (Wildman–Crippen MR) is 75.0 cm³/mol.